The van der Waals surface area contributed by atoms with Crippen LogP contribution >= 0.6 is 15.9 Å². The van der Waals surface area contributed by atoms with Crippen molar-refractivity contribution in [2.45, 2.75) is 38.3 Å². The molecule has 3 atom stereocenters. The lowest BCUT2D eigenvalue weighted by Gasteiger charge is -2.23. The lowest BCUT2D eigenvalue weighted by molar-refractivity contribution is 0.350. The molecule has 1 N–H and O–H groups in total. The maximum Gasteiger partial charge on any atom is 0.124 e. The molecule has 1 aromatic rings. The van der Waals surface area contributed by atoms with Gasteiger partial charge < -0.3 is 5.32 Å². The highest BCUT2D eigenvalue weighted by Crippen LogP contribution is 2.44. The van der Waals surface area contributed by atoms with Crippen molar-refractivity contribution in [3.8, 4) is 0 Å². The van der Waals surface area contributed by atoms with Gasteiger partial charge in [0.25, 0.3) is 0 Å². The molecule has 0 amide bonds. The number of halogens is 2. The Labute approximate surface area is 110 Å². The van der Waals surface area contributed by atoms with Crippen LogP contribution in [0.5, 0.6) is 0 Å². The van der Waals surface area contributed by atoms with E-state index in [-0.39, 0.29) is 5.82 Å². The third-order valence-corrected chi connectivity index (χ3v) is 5.05. The second-order valence-corrected chi connectivity index (χ2v) is 6.25. The number of benzene rings is 1. The molecule has 2 saturated carbocycles. The molecule has 2 aliphatic rings. The largest absolute Gasteiger partial charge is 0.310 e. The zero-order chi connectivity index (χ0) is 11.8. The summed E-state index contributed by atoms with van der Waals surface area (Å²) in [6.45, 7) is 0.842. The molecule has 0 aromatic heterocycles. The van der Waals surface area contributed by atoms with Crippen molar-refractivity contribution >= 4 is 15.9 Å². The Morgan fingerprint density at radius 2 is 2.18 bits per heavy atom. The summed E-state index contributed by atoms with van der Waals surface area (Å²) in [5.74, 6) is 1.67. The van der Waals surface area contributed by atoms with Crippen LogP contribution in [-0.4, -0.2) is 6.04 Å². The summed E-state index contributed by atoms with van der Waals surface area (Å²) < 4.78 is 13.8. The van der Waals surface area contributed by atoms with Gasteiger partial charge in [0.15, 0.2) is 0 Å². The van der Waals surface area contributed by atoms with Crippen LogP contribution in [0.1, 0.15) is 31.2 Å². The molecule has 3 rings (SSSR count). The van der Waals surface area contributed by atoms with E-state index < -0.39 is 0 Å². The maximum atomic E-state index is 13.0. The van der Waals surface area contributed by atoms with Gasteiger partial charge in [-0.3, -0.25) is 0 Å². The van der Waals surface area contributed by atoms with E-state index in [2.05, 4.69) is 21.2 Å². The molecule has 1 aromatic carbocycles. The molecule has 1 nitrogen and oxygen atoms in total. The first-order valence-electron chi connectivity index (χ1n) is 6.39. The van der Waals surface area contributed by atoms with E-state index >= 15 is 0 Å². The molecule has 2 bridgehead atoms. The summed E-state index contributed by atoms with van der Waals surface area (Å²) in [6, 6.07) is 5.62. The molecule has 3 heteroatoms. The summed E-state index contributed by atoms with van der Waals surface area (Å²) in [6.07, 6.45) is 5.59. The van der Waals surface area contributed by atoms with Crippen molar-refractivity contribution < 1.29 is 4.39 Å². The summed E-state index contributed by atoms with van der Waals surface area (Å²) >= 11 is 3.42. The molecule has 0 radical (unpaired) electrons. The lowest BCUT2D eigenvalue weighted by atomic mass is 9.95. The zero-order valence-corrected chi connectivity index (χ0v) is 11.3. The fraction of sp³-hybridized carbons (Fsp3) is 0.571. The molecule has 0 aliphatic heterocycles. The SMILES string of the molecule is Fc1ccc(CNC2CC3CCC2C3)c(Br)c1. The van der Waals surface area contributed by atoms with Crippen LogP contribution < -0.4 is 5.32 Å². The fourth-order valence-electron chi connectivity index (χ4n) is 3.40. The van der Waals surface area contributed by atoms with E-state index in [1.165, 1.54) is 37.8 Å². The van der Waals surface area contributed by atoms with Gasteiger partial charge in [-0.15, -0.1) is 0 Å². The van der Waals surface area contributed by atoms with Crippen LogP contribution in [0, 0.1) is 17.7 Å². The minimum Gasteiger partial charge on any atom is -0.310 e. The third-order valence-electron chi connectivity index (χ3n) is 4.31. The molecule has 2 aliphatic carbocycles. The molecule has 0 spiro atoms. The van der Waals surface area contributed by atoms with E-state index in [9.17, 15) is 4.39 Å². The van der Waals surface area contributed by atoms with Crippen molar-refractivity contribution in [3.63, 3.8) is 0 Å². The second-order valence-electron chi connectivity index (χ2n) is 5.40. The predicted molar refractivity (Wildman–Crippen MR) is 70.2 cm³/mol. The van der Waals surface area contributed by atoms with Gasteiger partial charge in [-0.25, -0.2) is 4.39 Å². The van der Waals surface area contributed by atoms with E-state index in [1.807, 2.05) is 6.07 Å². The summed E-state index contributed by atoms with van der Waals surface area (Å²) in [7, 11) is 0. The fourth-order valence-corrected chi connectivity index (χ4v) is 3.89. The standard InChI is InChI=1S/C14H17BrFN/c15-13-7-12(16)4-3-11(13)8-17-14-6-9-1-2-10(14)5-9/h3-4,7,9-10,14,17H,1-2,5-6,8H2. The van der Waals surface area contributed by atoms with Crippen LogP contribution in [0.3, 0.4) is 0 Å². The summed E-state index contributed by atoms with van der Waals surface area (Å²) in [5, 5.41) is 3.64. The Balaban J connectivity index is 1.60. The minimum absolute atomic E-state index is 0.180. The van der Waals surface area contributed by atoms with Gasteiger partial charge in [0.1, 0.15) is 5.82 Å². The minimum atomic E-state index is -0.180. The van der Waals surface area contributed by atoms with Gasteiger partial charge in [-0.2, -0.15) is 0 Å². The average molecular weight is 298 g/mol. The van der Waals surface area contributed by atoms with Gasteiger partial charge in [0.2, 0.25) is 0 Å². The number of hydrogen-bond donors (Lipinski definition) is 1. The second kappa shape index (κ2) is 4.69. The third kappa shape index (κ3) is 2.41. The Morgan fingerprint density at radius 1 is 1.29 bits per heavy atom. The van der Waals surface area contributed by atoms with Crippen molar-refractivity contribution in [3.05, 3.63) is 34.1 Å². The lowest BCUT2D eigenvalue weighted by Crippen LogP contribution is -2.33. The first kappa shape index (κ1) is 11.7. The van der Waals surface area contributed by atoms with Gasteiger partial charge in [0, 0.05) is 17.1 Å². The van der Waals surface area contributed by atoms with Gasteiger partial charge >= 0.3 is 0 Å². The maximum absolute atomic E-state index is 13.0. The number of nitrogens with one attached hydrogen (secondary N) is 1. The Bertz CT molecular complexity index is 421. The van der Waals surface area contributed by atoms with E-state index in [0.717, 1.165) is 28.4 Å². The first-order chi connectivity index (χ1) is 8.22. The number of hydrogen-bond acceptors (Lipinski definition) is 1. The molecule has 0 heterocycles. The predicted octanol–water partition coefficient (Wildman–Crippen LogP) is 3.87. The van der Waals surface area contributed by atoms with E-state index in [4.69, 9.17) is 0 Å². The van der Waals surface area contributed by atoms with Crippen LogP contribution in [0.25, 0.3) is 0 Å². The molecule has 3 unspecified atom stereocenters. The first-order valence-corrected chi connectivity index (χ1v) is 7.19. The molecular weight excluding hydrogens is 281 g/mol. The highest BCUT2D eigenvalue weighted by Gasteiger charge is 2.38. The van der Waals surface area contributed by atoms with Gasteiger partial charge in [0.05, 0.1) is 0 Å². The van der Waals surface area contributed by atoms with Crippen LogP contribution in [0.2, 0.25) is 0 Å². The van der Waals surface area contributed by atoms with Crippen molar-refractivity contribution in [2.75, 3.05) is 0 Å². The Hall–Kier alpha value is -0.410. The van der Waals surface area contributed by atoms with Crippen LogP contribution in [0.4, 0.5) is 4.39 Å². The molecule has 2 fully saturated rings. The Kier molecular flexibility index (Phi) is 3.22. The van der Waals surface area contributed by atoms with Crippen LogP contribution in [-0.2, 0) is 6.54 Å². The van der Waals surface area contributed by atoms with Crippen molar-refractivity contribution in [1.29, 1.82) is 0 Å². The normalized spacial score (nSPS) is 31.1. The summed E-state index contributed by atoms with van der Waals surface area (Å²) in [4.78, 5) is 0. The monoisotopic (exact) mass is 297 g/mol. The highest BCUT2D eigenvalue weighted by atomic mass is 79.9. The molecule has 17 heavy (non-hydrogen) atoms. The number of rotatable bonds is 3. The Morgan fingerprint density at radius 3 is 2.82 bits per heavy atom. The van der Waals surface area contributed by atoms with Crippen LogP contribution in [0.15, 0.2) is 22.7 Å². The van der Waals surface area contributed by atoms with Gasteiger partial charge in [-0.1, -0.05) is 28.4 Å². The molecule has 92 valence electrons. The van der Waals surface area contributed by atoms with E-state index in [1.54, 1.807) is 0 Å². The number of fused-ring (bicyclic) bond motifs is 2. The van der Waals surface area contributed by atoms with Crippen molar-refractivity contribution in [1.82, 2.24) is 5.32 Å². The summed E-state index contributed by atoms with van der Waals surface area (Å²) in [5.41, 5.74) is 1.15. The quantitative estimate of drug-likeness (QED) is 0.893. The van der Waals surface area contributed by atoms with E-state index in [0.29, 0.717) is 6.04 Å². The zero-order valence-electron chi connectivity index (χ0n) is 9.76. The molecule has 0 saturated heterocycles. The molecular formula is C14H17BrFN. The highest BCUT2D eigenvalue weighted by molar-refractivity contribution is 9.10. The topological polar surface area (TPSA) is 12.0 Å². The van der Waals surface area contributed by atoms with Gasteiger partial charge in [-0.05, 0) is 48.8 Å². The average Bonchev–Trinajstić information content (AvgIpc) is 2.89. The van der Waals surface area contributed by atoms with Crippen molar-refractivity contribution in [2.24, 2.45) is 11.8 Å². The smallest absolute Gasteiger partial charge is 0.124 e.